The van der Waals surface area contributed by atoms with E-state index in [9.17, 15) is 9.18 Å². The molecule has 3 nitrogen and oxygen atoms in total. The highest BCUT2D eigenvalue weighted by molar-refractivity contribution is 5.80. The van der Waals surface area contributed by atoms with E-state index in [0.717, 1.165) is 0 Å². The molecular weight excluding hydrogens is 135 g/mol. The number of likely N-dealkylation sites (N-methyl/N-ethyl adjacent to an activating group) is 1. The molecule has 0 aliphatic heterocycles. The molecule has 0 aliphatic rings. The second-order valence-corrected chi connectivity index (χ2v) is 2.73. The summed E-state index contributed by atoms with van der Waals surface area (Å²) in [4.78, 5) is 10.7. The molecule has 0 radical (unpaired) electrons. The normalized spacial score (nSPS) is 14.5. The van der Waals surface area contributed by atoms with E-state index in [1.807, 2.05) is 0 Å². The molecule has 0 aromatic heterocycles. The molecule has 0 aromatic rings. The number of carbonyl (C=O) groups excluding carboxylic acids is 1. The fraction of sp³-hybridized carbons (Fsp3) is 0.833. The lowest BCUT2D eigenvalue weighted by Gasteiger charge is -2.17. The fourth-order valence-corrected chi connectivity index (χ4v) is 0.486. The van der Waals surface area contributed by atoms with Gasteiger partial charge < -0.3 is 11.1 Å². The second kappa shape index (κ2) is 2.96. The van der Waals surface area contributed by atoms with Gasteiger partial charge in [0.05, 0.1) is 0 Å². The van der Waals surface area contributed by atoms with Gasteiger partial charge in [0, 0.05) is 7.05 Å². The Hall–Kier alpha value is -0.640. The molecule has 10 heavy (non-hydrogen) atoms. The molecule has 0 aromatic carbocycles. The lowest BCUT2D eigenvalue weighted by Crippen LogP contribution is -2.74. The number of alkyl halides is 1. The van der Waals surface area contributed by atoms with Crippen molar-refractivity contribution in [1.82, 2.24) is 5.32 Å². The van der Waals surface area contributed by atoms with Gasteiger partial charge in [-0.05, 0) is 13.8 Å². The maximum absolute atomic E-state index is 12.9. The third kappa shape index (κ3) is 2.31. The highest BCUT2D eigenvalue weighted by atomic mass is 19.1. The van der Waals surface area contributed by atoms with Crippen LogP contribution in [0.15, 0.2) is 0 Å². The summed E-state index contributed by atoms with van der Waals surface area (Å²) >= 11 is 0. The molecule has 0 saturated carbocycles. The van der Waals surface area contributed by atoms with Crippen LogP contribution in [0.3, 0.4) is 0 Å². The quantitative estimate of drug-likeness (QED) is 0.524. The van der Waals surface area contributed by atoms with Crippen molar-refractivity contribution < 1.29 is 14.9 Å². The van der Waals surface area contributed by atoms with Gasteiger partial charge in [0.15, 0.2) is 11.7 Å². The van der Waals surface area contributed by atoms with Gasteiger partial charge in [-0.25, -0.2) is 4.39 Å². The summed E-state index contributed by atoms with van der Waals surface area (Å²) in [6.07, 6.45) is 0. The van der Waals surface area contributed by atoms with Gasteiger partial charge in [-0.15, -0.1) is 0 Å². The lowest BCUT2D eigenvalue weighted by molar-refractivity contribution is -0.426. The van der Waals surface area contributed by atoms with Crippen LogP contribution in [0.2, 0.25) is 0 Å². The summed E-state index contributed by atoms with van der Waals surface area (Å²) in [6.45, 7) is 2.67. The van der Waals surface area contributed by atoms with Gasteiger partial charge in [-0.1, -0.05) is 0 Å². The Morgan fingerprint density at radius 1 is 1.70 bits per heavy atom. The first kappa shape index (κ1) is 9.36. The minimum Gasteiger partial charge on any atom is -0.354 e. The maximum atomic E-state index is 12.9. The smallest absolute Gasteiger partial charge is 0.281 e. The van der Waals surface area contributed by atoms with E-state index in [1.165, 1.54) is 20.9 Å². The Labute approximate surface area is 59.8 Å². The Morgan fingerprint density at radius 3 is 2.20 bits per heavy atom. The summed E-state index contributed by atoms with van der Waals surface area (Å²) in [5.41, 5.74) is 1.85. The number of quaternary nitrogens is 1. The van der Waals surface area contributed by atoms with E-state index < -0.39 is 11.7 Å². The van der Waals surface area contributed by atoms with Crippen molar-refractivity contribution >= 4 is 5.91 Å². The summed E-state index contributed by atoms with van der Waals surface area (Å²) in [5.74, 6) is -0.368. The molecule has 0 spiro atoms. The number of carbonyl (C=O) groups is 1. The van der Waals surface area contributed by atoms with Crippen LogP contribution in [-0.2, 0) is 4.79 Å². The van der Waals surface area contributed by atoms with Crippen molar-refractivity contribution in [3.63, 3.8) is 0 Å². The Balaban J connectivity index is 4.08. The largest absolute Gasteiger partial charge is 0.354 e. The van der Waals surface area contributed by atoms with E-state index in [1.54, 1.807) is 0 Å². The molecule has 60 valence electrons. The number of hydrogen-bond acceptors (Lipinski definition) is 1. The van der Waals surface area contributed by atoms with Crippen molar-refractivity contribution in [2.24, 2.45) is 0 Å². The standard InChI is InChI=1S/C6H13FN2O/c1-6(2,7)4(8)5(10)9-3/h4H,8H2,1-3H3,(H,9,10)/p+1. The van der Waals surface area contributed by atoms with Crippen LogP contribution in [0.4, 0.5) is 4.39 Å². The molecule has 0 heterocycles. The number of hydrogen-bond donors (Lipinski definition) is 2. The van der Waals surface area contributed by atoms with Crippen molar-refractivity contribution in [2.75, 3.05) is 7.05 Å². The summed E-state index contributed by atoms with van der Waals surface area (Å²) in [7, 11) is 1.46. The van der Waals surface area contributed by atoms with Gasteiger partial charge >= 0.3 is 0 Å². The molecule has 1 unspecified atom stereocenters. The molecule has 1 atom stereocenters. The summed E-state index contributed by atoms with van der Waals surface area (Å²) in [5, 5.41) is 2.33. The Morgan fingerprint density at radius 2 is 2.10 bits per heavy atom. The number of halogens is 1. The van der Waals surface area contributed by atoms with Crippen molar-refractivity contribution in [3.05, 3.63) is 0 Å². The van der Waals surface area contributed by atoms with E-state index >= 15 is 0 Å². The average molecular weight is 149 g/mol. The minimum absolute atomic E-state index is 0.368. The predicted molar refractivity (Wildman–Crippen MR) is 35.9 cm³/mol. The topological polar surface area (TPSA) is 56.7 Å². The van der Waals surface area contributed by atoms with Crippen LogP contribution < -0.4 is 11.1 Å². The van der Waals surface area contributed by atoms with Gasteiger partial charge in [0.25, 0.3) is 5.91 Å². The van der Waals surface area contributed by atoms with Crippen LogP contribution in [0, 0.1) is 0 Å². The van der Waals surface area contributed by atoms with E-state index in [0.29, 0.717) is 0 Å². The van der Waals surface area contributed by atoms with Crippen molar-refractivity contribution in [3.8, 4) is 0 Å². The zero-order chi connectivity index (χ0) is 8.36. The Kier molecular flexibility index (Phi) is 2.77. The zero-order valence-electron chi connectivity index (χ0n) is 6.57. The summed E-state index contributed by atoms with van der Waals surface area (Å²) < 4.78 is 12.9. The summed E-state index contributed by atoms with van der Waals surface area (Å²) in [6, 6.07) is -0.836. The monoisotopic (exact) mass is 149 g/mol. The molecule has 4 N–H and O–H groups in total. The molecule has 1 amide bonds. The molecule has 4 heteroatoms. The number of rotatable bonds is 2. The van der Waals surface area contributed by atoms with Gasteiger partial charge in [-0.2, -0.15) is 0 Å². The maximum Gasteiger partial charge on any atom is 0.281 e. The first-order chi connectivity index (χ1) is 4.39. The molecule has 0 bridgehead atoms. The second-order valence-electron chi connectivity index (χ2n) is 2.73. The first-order valence-electron chi connectivity index (χ1n) is 3.13. The third-order valence-corrected chi connectivity index (χ3v) is 1.39. The lowest BCUT2D eigenvalue weighted by atomic mass is 10.0. The van der Waals surface area contributed by atoms with Crippen molar-refractivity contribution in [1.29, 1.82) is 0 Å². The molecular formula is C6H14FN2O+. The fourth-order valence-electron chi connectivity index (χ4n) is 0.486. The zero-order valence-corrected chi connectivity index (χ0v) is 6.57. The Bertz CT molecular complexity index is 130. The predicted octanol–water partition coefficient (Wildman–Crippen LogP) is -0.909. The van der Waals surface area contributed by atoms with Crippen LogP contribution in [0.1, 0.15) is 13.8 Å². The highest BCUT2D eigenvalue weighted by Crippen LogP contribution is 2.10. The van der Waals surface area contributed by atoms with Crippen LogP contribution in [0.5, 0.6) is 0 Å². The van der Waals surface area contributed by atoms with E-state index in [-0.39, 0.29) is 5.91 Å². The highest BCUT2D eigenvalue weighted by Gasteiger charge is 2.34. The van der Waals surface area contributed by atoms with E-state index in [2.05, 4.69) is 11.1 Å². The van der Waals surface area contributed by atoms with Gasteiger partial charge in [0.1, 0.15) is 0 Å². The van der Waals surface area contributed by atoms with Crippen LogP contribution >= 0.6 is 0 Å². The number of nitrogens with one attached hydrogen (secondary N) is 1. The van der Waals surface area contributed by atoms with Crippen molar-refractivity contribution in [2.45, 2.75) is 25.6 Å². The first-order valence-corrected chi connectivity index (χ1v) is 3.13. The molecule has 0 rings (SSSR count). The minimum atomic E-state index is -1.54. The van der Waals surface area contributed by atoms with Crippen LogP contribution in [0.25, 0.3) is 0 Å². The molecule has 0 aliphatic carbocycles. The average Bonchev–Trinajstić information content (AvgIpc) is 1.83. The van der Waals surface area contributed by atoms with Gasteiger partial charge in [-0.3, -0.25) is 4.79 Å². The molecule has 0 saturated heterocycles. The SMILES string of the molecule is CNC(=O)C([NH3+])C(C)(C)F. The number of amides is 1. The van der Waals surface area contributed by atoms with Gasteiger partial charge in [0.2, 0.25) is 0 Å². The third-order valence-electron chi connectivity index (χ3n) is 1.39. The molecule has 0 fully saturated rings. The van der Waals surface area contributed by atoms with E-state index in [4.69, 9.17) is 0 Å². The van der Waals surface area contributed by atoms with Crippen LogP contribution in [-0.4, -0.2) is 24.7 Å².